The van der Waals surface area contributed by atoms with Crippen molar-refractivity contribution in [2.24, 2.45) is 9.98 Å². The van der Waals surface area contributed by atoms with Crippen LogP contribution >= 0.6 is 0 Å². The van der Waals surface area contributed by atoms with Crippen molar-refractivity contribution in [2.75, 3.05) is 0 Å². The van der Waals surface area contributed by atoms with Crippen LogP contribution in [0, 0.1) is 6.92 Å². The van der Waals surface area contributed by atoms with Crippen molar-refractivity contribution in [3.63, 3.8) is 0 Å². The maximum absolute atomic E-state index is 5.31. The summed E-state index contributed by atoms with van der Waals surface area (Å²) in [5.74, 6) is 2.48. The second kappa shape index (κ2) is 14.1. The molecule has 0 radical (unpaired) electrons. The molecule has 1 heterocycles. The van der Waals surface area contributed by atoms with Crippen molar-refractivity contribution < 1.29 is 0 Å². The molecule has 3 aromatic rings. The van der Waals surface area contributed by atoms with E-state index >= 15 is 0 Å². The molecule has 0 unspecified atom stereocenters. The van der Waals surface area contributed by atoms with Gasteiger partial charge < -0.3 is 0 Å². The van der Waals surface area contributed by atoms with Crippen LogP contribution in [0.15, 0.2) is 46.4 Å². The lowest BCUT2D eigenvalue weighted by molar-refractivity contribution is 0.805. The van der Waals surface area contributed by atoms with Crippen molar-refractivity contribution in [3.05, 3.63) is 86.7 Å². The Morgan fingerprint density at radius 3 is 0.977 bits per heavy atom. The standard InChI is InChI=1S/C40H57N3/c1-22(2)31-18-33(24(5)6)39(34(19-31)25(7)8)41-29(14)37-16-28(13)17-38(43-37)30(15)42-40-35(26(9)10)20-32(23(3)4)21-36(40)27(11)12/h16-27H,1-15H3. The van der Waals surface area contributed by atoms with Crippen LogP contribution in [0.3, 0.4) is 0 Å². The third kappa shape index (κ3) is 8.11. The third-order valence-electron chi connectivity index (χ3n) is 8.47. The topological polar surface area (TPSA) is 37.6 Å². The lowest BCUT2D eigenvalue weighted by Crippen LogP contribution is -2.08. The van der Waals surface area contributed by atoms with E-state index in [4.69, 9.17) is 15.0 Å². The average molecular weight is 580 g/mol. The number of rotatable bonds is 10. The van der Waals surface area contributed by atoms with Gasteiger partial charge in [0.05, 0.1) is 34.2 Å². The van der Waals surface area contributed by atoms with E-state index in [0.29, 0.717) is 35.5 Å². The number of pyridine rings is 1. The van der Waals surface area contributed by atoms with Crippen LogP contribution in [0.1, 0.15) is 183 Å². The Balaban J connectivity index is 2.20. The number of aliphatic imine (C=N–C) groups is 2. The van der Waals surface area contributed by atoms with Crippen molar-refractivity contribution in [2.45, 2.75) is 139 Å². The molecular formula is C40H57N3. The molecule has 0 saturated carbocycles. The van der Waals surface area contributed by atoms with Gasteiger partial charge in [0.15, 0.2) is 0 Å². The van der Waals surface area contributed by atoms with Crippen molar-refractivity contribution in [1.82, 2.24) is 4.98 Å². The number of hydrogen-bond donors (Lipinski definition) is 0. The highest BCUT2D eigenvalue weighted by Crippen LogP contribution is 2.40. The SMILES string of the molecule is CC(=Nc1c(C(C)C)cc(C(C)C)cc1C(C)C)c1cc(C)cc(C(C)=Nc2c(C(C)C)cc(C(C)C)cc2C(C)C)n1. The summed E-state index contributed by atoms with van der Waals surface area (Å²) in [6, 6.07) is 13.8. The van der Waals surface area contributed by atoms with E-state index in [-0.39, 0.29) is 0 Å². The molecule has 3 heteroatoms. The van der Waals surface area contributed by atoms with Gasteiger partial charge in [0.2, 0.25) is 0 Å². The molecule has 0 aliphatic carbocycles. The minimum Gasteiger partial charge on any atom is -0.251 e. The minimum atomic E-state index is 0.380. The molecule has 0 bridgehead atoms. The van der Waals surface area contributed by atoms with Crippen LogP contribution in [-0.2, 0) is 0 Å². The van der Waals surface area contributed by atoms with Crippen LogP contribution < -0.4 is 0 Å². The zero-order valence-corrected chi connectivity index (χ0v) is 29.8. The molecule has 0 N–H and O–H groups in total. The predicted octanol–water partition coefficient (Wildman–Crippen LogP) is 12.4. The molecule has 0 aliphatic rings. The summed E-state index contributed by atoms with van der Waals surface area (Å²) in [5, 5.41) is 0. The summed E-state index contributed by atoms with van der Waals surface area (Å²) in [5.41, 5.74) is 15.1. The third-order valence-corrected chi connectivity index (χ3v) is 8.47. The summed E-state index contributed by atoms with van der Waals surface area (Å²) in [4.78, 5) is 15.8. The second-order valence-corrected chi connectivity index (χ2v) is 14.3. The molecule has 0 fully saturated rings. The van der Waals surface area contributed by atoms with Crippen LogP contribution in [0.2, 0.25) is 0 Å². The maximum atomic E-state index is 5.31. The summed E-state index contributed by atoms with van der Waals surface area (Å²) in [6.45, 7) is 33.6. The molecule has 1 aromatic heterocycles. The zero-order chi connectivity index (χ0) is 32.3. The summed E-state index contributed by atoms with van der Waals surface area (Å²) < 4.78 is 0. The Morgan fingerprint density at radius 1 is 0.465 bits per heavy atom. The molecule has 232 valence electrons. The fourth-order valence-electron chi connectivity index (χ4n) is 5.58. The van der Waals surface area contributed by atoms with E-state index in [9.17, 15) is 0 Å². The quantitative estimate of drug-likeness (QED) is 0.220. The molecule has 3 nitrogen and oxygen atoms in total. The first-order valence-electron chi connectivity index (χ1n) is 16.5. The van der Waals surface area contributed by atoms with Crippen molar-refractivity contribution in [1.29, 1.82) is 0 Å². The van der Waals surface area contributed by atoms with Gasteiger partial charge in [0.25, 0.3) is 0 Å². The Labute approximate surface area is 263 Å². The number of hydrogen-bond acceptors (Lipinski definition) is 3. The number of aryl methyl sites for hydroxylation is 1. The first-order chi connectivity index (χ1) is 20.0. The maximum Gasteiger partial charge on any atom is 0.0852 e. The molecule has 43 heavy (non-hydrogen) atoms. The van der Waals surface area contributed by atoms with E-state index < -0.39 is 0 Å². The Bertz CT molecular complexity index is 1330. The summed E-state index contributed by atoms with van der Waals surface area (Å²) in [7, 11) is 0. The average Bonchev–Trinajstić information content (AvgIpc) is 2.91. The van der Waals surface area contributed by atoms with E-state index in [2.05, 4.69) is 140 Å². The lowest BCUT2D eigenvalue weighted by Gasteiger charge is -2.21. The van der Waals surface area contributed by atoms with Gasteiger partial charge in [0, 0.05) is 0 Å². The van der Waals surface area contributed by atoms with E-state index in [0.717, 1.165) is 39.7 Å². The van der Waals surface area contributed by atoms with Crippen LogP contribution in [0.4, 0.5) is 11.4 Å². The molecule has 0 atom stereocenters. The van der Waals surface area contributed by atoms with Gasteiger partial charge in [-0.2, -0.15) is 0 Å². The van der Waals surface area contributed by atoms with Gasteiger partial charge in [-0.1, -0.05) is 107 Å². The second-order valence-electron chi connectivity index (χ2n) is 14.3. The minimum absolute atomic E-state index is 0.380. The molecule has 3 rings (SSSR count). The van der Waals surface area contributed by atoms with Crippen LogP contribution in [-0.4, -0.2) is 16.4 Å². The lowest BCUT2D eigenvalue weighted by atomic mass is 9.87. The summed E-state index contributed by atoms with van der Waals surface area (Å²) in [6.07, 6.45) is 0. The fourth-order valence-corrected chi connectivity index (χ4v) is 5.58. The Hall–Kier alpha value is -3.07. The number of aromatic nitrogens is 1. The van der Waals surface area contributed by atoms with Gasteiger partial charge in [-0.25, -0.2) is 4.98 Å². The van der Waals surface area contributed by atoms with Gasteiger partial charge >= 0.3 is 0 Å². The van der Waals surface area contributed by atoms with Crippen molar-refractivity contribution in [3.8, 4) is 0 Å². The highest BCUT2D eigenvalue weighted by Gasteiger charge is 2.20. The molecule has 0 amide bonds. The smallest absolute Gasteiger partial charge is 0.0852 e. The van der Waals surface area contributed by atoms with Crippen molar-refractivity contribution >= 4 is 22.8 Å². The highest BCUT2D eigenvalue weighted by atomic mass is 14.8. The Morgan fingerprint density at radius 2 is 0.744 bits per heavy atom. The molecule has 0 spiro atoms. The van der Waals surface area contributed by atoms with Gasteiger partial charge in [-0.15, -0.1) is 0 Å². The first kappa shape index (κ1) is 34.4. The fraction of sp³-hybridized carbons (Fsp3) is 0.525. The first-order valence-corrected chi connectivity index (χ1v) is 16.5. The number of nitrogens with zero attached hydrogens (tertiary/aromatic N) is 3. The molecule has 0 aliphatic heterocycles. The largest absolute Gasteiger partial charge is 0.251 e. The normalized spacial score (nSPS) is 13.1. The van der Waals surface area contributed by atoms with Gasteiger partial charge in [-0.3, -0.25) is 9.98 Å². The molecule has 0 saturated heterocycles. The number of benzene rings is 2. The predicted molar refractivity (Wildman–Crippen MR) is 190 cm³/mol. The van der Waals surface area contributed by atoms with E-state index in [1.54, 1.807) is 0 Å². The Kier molecular flexibility index (Phi) is 11.3. The highest BCUT2D eigenvalue weighted by molar-refractivity contribution is 6.03. The van der Waals surface area contributed by atoms with Crippen LogP contribution in [0.25, 0.3) is 0 Å². The summed E-state index contributed by atoms with van der Waals surface area (Å²) >= 11 is 0. The molecule has 2 aromatic carbocycles. The van der Waals surface area contributed by atoms with Gasteiger partial charge in [-0.05, 0) is 107 Å². The van der Waals surface area contributed by atoms with Crippen LogP contribution in [0.5, 0.6) is 0 Å². The van der Waals surface area contributed by atoms with Gasteiger partial charge in [0.1, 0.15) is 0 Å². The zero-order valence-electron chi connectivity index (χ0n) is 29.8. The monoisotopic (exact) mass is 579 g/mol. The molecular weight excluding hydrogens is 522 g/mol. The van der Waals surface area contributed by atoms with E-state index in [1.165, 1.54) is 33.4 Å². The van der Waals surface area contributed by atoms with E-state index in [1.807, 2.05) is 0 Å².